The van der Waals surface area contributed by atoms with Crippen LogP contribution in [0.5, 0.6) is 0 Å². The lowest BCUT2D eigenvalue weighted by Crippen LogP contribution is -2.39. The molecule has 1 aliphatic rings. The highest BCUT2D eigenvalue weighted by molar-refractivity contribution is 5.82. The predicted octanol–water partition coefficient (Wildman–Crippen LogP) is 2.80. The van der Waals surface area contributed by atoms with E-state index < -0.39 is 0 Å². The SMILES string of the molecule is CCN1CCN(C(=O)Cn2cc(C)nn2)CC(Cc2ccc(-c3ccccc3)cc2)C1=O. The van der Waals surface area contributed by atoms with Crippen LogP contribution in [-0.4, -0.2) is 62.8 Å². The van der Waals surface area contributed by atoms with Gasteiger partial charge in [0.15, 0.2) is 0 Å². The van der Waals surface area contributed by atoms with Crippen LogP contribution < -0.4 is 0 Å². The molecule has 2 aromatic carbocycles. The van der Waals surface area contributed by atoms with E-state index in [1.807, 2.05) is 36.9 Å². The molecule has 0 spiro atoms. The topological polar surface area (TPSA) is 71.3 Å². The molecule has 0 saturated carbocycles. The number of likely N-dealkylation sites (N-methyl/N-ethyl adjacent to an activating group) is 1. The van der Waals surface area contributed by atoms with Crippen molar-refractivity contribution in [1.29, 1.82) is 0 Å². The van der Waals surface area contributed by atoms with E-state index in [0.29, 0.717) is 32.6 Å². The highest BCUT2D eigenvalue weighted by Gasteiger charge is 2.31. The highest BCUT2D eigenvalue weighted by Crippen LogP contribution is 2.22. The number of aromatic nitrogens is 3. The summed E-state index contributed by atoms with van der Waals surface area (Å²) in [5.74, 6) is -0.182. The molecule has 1 unspecified atom stereocenters. The number of amides is 2. The summed E-state index contributed by atoms with van der Waals surface area (Å²) in [6, 6.07) is 18.6. The first-order valence-corrected chi connectivity index (χ1v) is 11.1. The number of carbonyl (C=O) groups excluding carboxylic acids is 2. The van der Waals surface area contributed by atoms with Crippen molar-refractivity contribution in [3.05, 3.63) is 72.1 Å². The van der Waals surface area contributed by atoms with Gasteiger partial charge in [0, 0.05) is 32.4 Å². The summed E-state index contributed by atoms with van der Waals surface area (Å²) < 4.78 is 1.55. The van der Waals surface area contributed by atoms with Crippen molar-refractivity contribution >= 4 is 11.8 Å². The minimum Gasteiger partial charge on any atom is -0.341 e. The average Bonchev–Trinajstić information content (AvgIpc) is 3.15. The molecule has 1 atom stereocenters. The maximum absolute atomic E-state index is 13.2. The summed E-state index contributed by atoms with van der Waals surface area (Å²) in [7, 11) is 0. The van der Waals surface area contributed by atoms with Gasteiger partial charge >= 0.3 is 0 Å². The quantitative estimate of drug-likeness (QED) is 0.602. The molecule has 0 bridgehead atoms. The van der Waals surface area contributed by atoms with E-state index in [1.54, 1.807) is 15.8 Å². The molecule has 2 heterocycles. The van der Waals surface area contributed by atoms with Gasteiger partial charge in [0.25, 0.3) is 0 Å². The zero-order chi connectivity index (χ0) is 22.5. The van der Waals surface area contributed by atoms with Gasteiger partial charge in [0.1, 0.15) is 6.54 Å². The van der Waals surface area contributed by atoms with E-state index in [4.69, 9.17) is 0 Å². The van der Waals surface area contributed by atoms with E-state index in [0.717, 1.165) is 16.8 Å². The van der Waals surface area contributed by atoms with Crippen molar-refractivity contribution in [3.63, 3.8) is 0 Å². The number of rotatable bonds is 6. The van der Waals surface area contributed by atoms with Crippen molar-refractivity contribution in [2.45, 2.75) is 26.8 Å². The van der Waals surface area contributed by atoms with Crippen LogP contribution in [0.25, 0.3) is 11.1 Å². The molecule has 1 fully saturated rings. The summed E-state index contributed by atoms with van der Waals surface area (Å²) >= 11 is 0. The Hall–Kier alpha value is -3.48. The van der Waals surface area contributed by atoms with Crippen LogP contribution in [0.3, 0.4) is 0 Å². The summed E-state index contributed by atoms with van der Waals surface area (Å²) in [4.78, 5) is 29.8. The molecule has 0 N–H and O–H groups in total. The molecule has 1 saturated heterocycles. The van der Waals surface area contributed by atoms with Crippen LogP contribution >= 0.6 is 0 Å². The molecule has 7 heteroatoms. The fraction of sp³-hybridized carbons (Fsp3) is 0.360. The summed E-state index contributed by atoms with van der Waals surface area (Å²) in [5.41, 5.74) is 4.19. The number of hydrogen-bond donors (Lipinski definition) is 0. The normalized spacial score (nSPS) is 16.8. The minimum atomic E-state index is -0.263. The Morgan fingerprint density at radius 1 is 1.03 bits per heavy atom. The van der Waals surface area contributed by atoms with Crippen LogP contribution in [0, 0.1) is 12.8 Å². The average molecular weight is 432 g/mol. The van der Waals surface area contributed by atoms with Crippen LogP contribution in [0.2, 0.25) is 0 Å². The van der Waals surface area contributed by atoms with Gasteiger partial charge in [-0.25, -0.2) is 4.68 Å². The smallest absolute Gasteiger partial charge is 0.244 e. The summed E-state index contributed by atoms with van der Waals surface area (Å²) in [6.45, 7) is 6.13. The monoisotopic (exact) mass is 431 g/mol. The van der Waals surface area contributed by atoms with Crippen LogP contribution in [0.4, 0.5) is 0 Å². The fourth-order valence-electron chi connectivity index (χ4n) is 4.20. The summed E-state index contributed by atoms with van der Waals surface area (Å²) in [5, 5.41) is 7.93. The number of aryl methyl sites for hydroxylation is 1. The molecular weight excluding hydrogens is 402 g/mol. The van der Waals surface area contributed by atoms with Gasteiger partial charge in [-0.15, -0.1) is 5.10 Å². The zero-order valence-corrected chi connectivity index (χ0v) is 18.6. The molecule has 0 aliphatic carbocycles. The summed E-state index contributed by atoms with van der Waals surface area (Å²) in [6.07, 6.45) is 2.36. The second kappa shape index (κ2) is 9.77. The molecule has 2 amide bonds. The third-order valence-corrected chi connectivity index (χ3v) is 5.97. The van der Waals surface area contributed by atoms with Crippen molar-refractivity contribution in [2.75, 3.05) is 26.2 Å². The van der Waals surface area contributed by atoms with Gasteiger partial charge < -0.3 is 9.80 Å². The maximum Gasteiger partial charge on any atom is 0.244 e. The Bertz CT molecular complexity index is 1060. The van der Waals surface area contributed by atoms with Gasteiger partial charge in [-0.3, -0.25) is 9.59 Å². The molecular formula is C25H29N5O2. The molecule has 0 radical (unpaired) electrons. The number of hydrogen-bond acceptors (Lipinski definition) is 4. The third-order valence-electron chi connectivity index (χ3n) is 5.97. The van der Waals surface area contributed by atoms with Gasteiger partial charge in [0.05, 0.1) is 11.6 Å². The van der Waals surface area contributed by atoms with Gasteiger partial charge in [0.2, 0.25) is 11.8 Å². The zero-order valence-electron chi connectivity index (χ0n) is 18.6. The Morgan fingerprint density at radius 3 is 2.41 bits per heavy atom. The van der Waals surface area contributed by atoms with Crippen molar-refractivity contribution < 1.29 is 9.59 Å². The Kier molecular flexibility index (Phi) is 6.63. The standard InChI is InChI=1S/C25H29N5O2/c1-3-28-13-14-29(24(31)18-30-16-19(2)26-27-30)17-23(25(28)32)15-20-9-11-22(12-10-20)21-7-5-4-6-8-21/h4-12,16,23H,3,13-15,17-18H2,1-2H3. The molecule has 7 nitrogen and oxygen atoms in total. The fourth-order valence-corrected chi connectivity index (χ4v) is 4.20. The van der Waals surface area contributed by atoms with Crippen LogP contribution in [0.1, 0.15) is 18.2 Å². The van der Waals surface area contributed by atoms with E-state index in [-0.39, 0.29) is 24.3 Å². The molecule has 166 valence electrons. The van der Waals surface area contributed by atoms with Crippen molar-refractivity contribution in [1.82, 2.24) is 24.8 Å². The maximum atomic E-state index is 13.2. The predicted molar refractivity (Wildman–Crippen MR) is 123 cm³/mol. The largest absolute Gasteiger partial charge is 0.341 e. The second-order valence-corrected chi connectivity index (χ2v) is 8.28. The second-order valence-electron chi connectivity index (χ2n) is 8.28. The number of carbonyl (C=O) groups is 2. The van der Waals surface area contributed by atoms with Gasteiger partial charge in [-0.1, -0.05) is 59.8 Å². The van der Waals surface area contributed by atoms with E-state index in [2.05, 4.69) is 46.7 Å². The van der Waals surface area contributed by atoms with Crippen molar-refractivity contribution in [3.8, 4) is 11.1 Å². The number of benzene rings is 2. The Labute approximate surface area is 188 Å². The molecule has 1 aliphatic heterocycles. The van der Waals surface area contributed by atoms with Crippen LogP contribution in [-0.2, 0) is 22.6 Å². The van der Waals surface area contributed by atoms with E-state index >= 15 is 0 Å². The lowest BCUT2D eigenvalue weighted by molar-refractivity contribution is -0.135. The Balaban J connectivity index is 1.48. The van der Waals surface area contributed by atoms with Crippen LogP contribution in [0.15, 0.2) is 60.8 Å². The number of nitrogens with zero attached hydrogens (tertiary/aromatic N) is 5. The first kappa shape index (κ1) is 21.7. The first-order valence-electron chi connectivity index (χ1n) is 11.1. The molecule has 1 aromatic heterocycles. The first-order chi connectivity index (χ1) is 15.5. The minimum absolute atomic E-state index is 0.0370. The Morgan fingerprint density at radius 2 is 1.75 bits per heavy atom. The van der Waals surface area contributed by atoms with Gasteiger partial charge in [-0.2, -0.15) is 0 Å². The lowest BCUT2D eigenvalue weighted by atomic mass is 9.95. The van der Waals surface area contributed by atoms with E-state index in [1.165, 1.54) is 5.56 Å². The highest BCUT2D eigenvalue weighted by atomic mass is 16.2. The molecule has 32 heavy (non-hydrogen) atoms. The third kappa shape index (κ3) is 5.04. The lowest BCUT2D eigenvalue weighted by Gasteiger charge is -2.23. The molecule has 3 aromatic rings. The molecule has 4 rings (SSSR count). The van der Waals surface area contributed by atoms with Gasteiger partial charge in [-0.05, 0) is 37.0 Å². The van der Waals surface area contributed by atoms with Crippen molar-refractivity contribution in [2.24, 2.45) is 5.92 Å². The van der Waals surface area contributed by atoms with E-state index in [9.17, 15) is 9.59 Å².